The van der Waals surface area contributed by atoms with Crippen LogP contribution in [0, 0.1) is 0 Å². The number of carbonyl (C=O) groups excluding carboxylic acids is 1. The second-order valence-corrected chi connectivity index (χ2v) is 7.45. The molecule has 1 saturated heterocycles. The molecule has 6 heteroatoms. The highest BCUT2D eigenvalue weighted by Gasteiger charge is 2.32. The topological polar surface area (TPSA) is 50.5 Å². The van der Waals surface area contributed by atoms with Gasteiger partial charge in [0.15, 0.2) is 5.43 Å². The molecule has 0 unspecified atom stereocenters. The molecule has 26 heavy (non-hydrogen) atoms. The minimum Gasteiger partial charge on any atom is -0.463 e. The maximum atomic E-state index is 12.7. The fourth-order valence-electron chi connectivity index (χ4n) is 2.74. The van der Waals surface area contributed by atoms with Crippen molar-refractivity contribution >= 4 is 51.3 Å². The molecule has 1 aromatic heterocycles. The molecule has 4 rings (SSSR count). The zero-order chi connectivity index (χ0) is 18.1. The maximum absolute atomic E-state index is 12.7. The van der Waals surface area contributed by atoms with Gasteiger partial charge in [0.1, 0.15) is 16.2 Å². The lowest BCUT2D eigenvalue weighted by Gasteiger charge is -2.14. The number of benzene rings is 2. The number of rotatable bonds is 3. The number of hydrogen-bond acceptors (Lipinski definition) is 5. The van der Waals surface area contributed by atoms with Crippen LogP contribution in [0.1, 0.15) is 11.1 Å². The Morgan fingerprint density at radius 2 is 1.77 bits per heavy atom. The van der Waals surface area contributed by atoms with Gasteiger partial charge in [-0.25, -0.2) is 0 Å². The average molecular weight is 379 g/mol. The third kappa shape index (κ3) is 3.09. The van der Waals surface area contributed by atoms with E-state index in [4.69, 9.17) is 16.6 Å². The lowest BCUT2D eigenvalue weighted by molar-refractivity contribution is -0.122. The Balaban J connectivity index is 1.66. The van der Waals surface area contributed by atoms with E-state index in [1.165, 1.54) is 18.0 Å². The fourth-order valence-corrected chi connectivity index (χ4v) is 3.98. The van der Waals surface area contributed by atoms with E-state index in [1.807, 2.05) is 30.3 Å². The molecular formula is C20H13NO3S2. The van der Waals surface area contributed by atoms with Gasteiger partial charge in [-0.2, -0.15) is 0 Å². The molecular weight excluding hydrogens is 366 g/mol. The summed E-state index contributed by atoms with van der Waals surface area (Å²) in [6, 6.07) is 16.7. The summed E-state index contributed by atoms with van der Waals surface area (Å²) in [4.78, 5) is 27.3. The molecule has 2 heterocycles. The van der Waals surface area contributed by atoms with Gasteiger partial charge >= 0.3 is 0 Å². The Labute approximate surface area is 159 Å². The van der Waals surface area contributed by atoms with E-state index in [1.54, 1.807) is 35.2 Å². The predicted molar refractivity (Wildman–Crippen MR) is 108 cm³/mol. The molecule has 0 N–H and O–H groups in total. The lowest BCUT2D eigenvalue weighted by atomic mass is 10.1. The summed E-state index contributed by atoms with van der Waals surface area (Å²) >= 11 is 6.54. The summed E-state index contributed by atoms with van der Waals surface area (Å²) in [5.41, 5.74) is 1.69. The van der Waals surface area contributed by atoms with Crippen molar-refractivity contribution < 1.29 is 9.21 Å². The van der Waals surface area contributed by atoms with Crippen LogP contribution in [0.2, 0.25) is 0 Å². The van der Waals surface area contributed by atoms with Crippen LogP contribution in [0.4, 0.5) is 0 Å². The Hall–Kier alpha value is -2.70. The molecule has 0 atom stereocenters. The quantitative estimate of drug-likeness (QED) is 0.504. The van der Waals surface area contributed by atoms with E-state index in [0.717, 1.165) is 5.56 Å². The molecule has 0 aliphatic carbocycles. The Kier molecular flexibility index (Phi) is 4.44. The summed E-state index contributed by atoms with van der Waals surface area (Å²) < 4.78 is 5.99. The van der Waals surface area contributed by atoms with Crippen LogP contribution in [0.25, 0.3) is 17.0 Å². The molecule has 1 aliphatic rings. The van der Waals surface area contributed by atoms with Crippen molar-refractivity contribution in [2.45, 2.75) is 6.54 Å². The number of nitrogens with zero attached hydrogens (tertiary/aromatic N) is 1. The minimum absolute atomic E-state index is 0.167. The van der Waals surface area contributed by atoms with Gasteiger partial charge in [-0.05, 0) is 23.8 Å². The third-order valence-corrected chi connectivity index (χ3v) is 5.43. The zero-order valence-corrected chi connectivity index (χ0v) is 15.2. The summed E-state index contributed by atoms with van der Waals surface area (Å²) in [6.07, 6.45) is 2.94. The van der Waals surface area contributed by atoms with Gasteiger partial charge in [-0.3, -0.25) is 14.5 Å². The number of para-hydroxylation sites is 1. The smallest absolute Gasteiger partial charge is 0.266 e. The normalized spacial score (nSPS) is 16.0. The Bertz CT molecular complexity index is 1100. The maximum Gasteiger partial charge on any atom is 0.266 e. The van der Waals surface area contributed by atoms with E-state index in [0.29, 0.717) is 32.3 Å². The second kappa shape index (κ2) is 6.90. The summed E-state index contributed by atoms with van der Waals surface area (Å²) in [5.74, 6) is -0.198. The molecule has 1 fully saturated rings. The van der Waals surface area contributed by atoms with Crippen LogP contribution in [-0.2, 0) is 11.3 Å². The first-order valence-electron chi connectivity index (χ1n) is 7.93. The first-order valence-corrected chi connectivity index (χ1v) is 9.16. The van der Waals surface area contributed by atoms with Crippen LogP contribution in [0.3, 0.4) is 0 Å². The second-order valence-electron chi connectivity index (χ2n) is 5.77. The number of amides is 1. The molecule has 3 aromatic rings. The van der Waals surface area contributed by atoms with Gasteiger partial charge in [-0.1, -0.05) is 66.4 Å². The number of hydrogen-bond donors (Lipinski definition) is 0. The number of thiocarbonyl (C=S) groups is 1. The molecule has 4 nitrogen and oxygen atoms in total. The van der Waals surface area contributed by atoms with Crippen molar-refractivity contribution in [2.24, 2.45) is 0 Å². The zero-order valence-electron chi connectivity index (χ0n) is 13.5. The van der Waals surface area contributed by atoms with Crippen molar-refractivity contribution in [1.82, 2.24) is 4.90 Å². The van der Waals surface area contributed by atoms with E-state index in [2.05, 4.69) is 0 Å². The van der Waals surface area contributed by atoms with Crippen LogP contribution >= 0.6 is 24.0 Å². The average Bonchev–Trinajstić information content (AvgIpc) is 2.92. The van der Waals surface area contributed by atoms with Crippen molar-refractivity contribution in [3.05, 3.63) is 87.1 Å². The minimum atomic E-state index is -0.198. The van der Waals surface area contributed by atoms with Crippen molar-refractivity contribution in [2.75, 3.05) is 0 Å². The van der Waals surface area contributed by atoms with Gasteiger partial charge < -0.3 is 4.42 Å². The highest BCUT2D eigenvalue weighted by atomic mass is 32.2. The van der Waals surface area contributed by atoms with Crippen LogP contribution in [0.15, 0.2) is 75.0 Å². The van der Waals surface area contributed by atoms with Crippen LogP contribution in [0.5, 0.6) is 0 Å². The first-order chi connectivity index (χ1) is 12.6. The summed E-state index contributed by atoms with van der Waals surface area (Å²) in [5, 5.41) is 0.487. The highest BCUT2D eigenvalue weighted by Crippen LogP contribution is 2.33. The molecule has 1 aliphatic heterocycles. The fraction of sp³-hybridized carbons (Fsp3) is 0.0500. The van der Waals surface area contributed by atoms with E-state index in [9.17, 15) is 9.59 Å². The van der Waals surface area contributed by atoms with Gasteiger partial charge in [-0.15, -0.1) is 0 Å². The highest BCUT2D eigenvalue weighted by molar-refractivity contribution is 8.26. The van der Waals surface area contributed by atoms with E-state index < -0.39 is 0 Å². The Morgan fingerprint density at radius 1 is 1.04 bits per heavy atom. The van der Waals surface area contributed by atoms with Gasteiger partial charge in [0.2, 0.25) is 0 Å². The Morgan fingerprint density at radius 3 is 2.58 bits per heavy atom. The van der Waals surface area contributed by atoms with Gasteiger partial charge in [0, 0.05) is 0 Å². The van der Waals surface area contributed by atoms with Crippen LogP contribution < -0.4 is 5.43 Å². The molecule has 1 amide bonds. The molecule has 2 aromatic carbocycles. The van der Waals surface area contributed by atoms with Crippen molar-refractivity contribution in [1.29, 1.82) is 0 Å². The number of thioether (sulfide) groups is 1. The van der Waals surface area contributed by atoms with E-state index in [-0.39, 0.29) is 11.3 Å². The van der Waals surface area contributed by atoms with Crippen molar-refractivity contribution in [3.8, 4) is 0 Å². The summed E-state index contributed by atoms with van der Waals surface area (Å²) in [6.45, 7) is 0.412. The van der Waals surface area contributed by atoms with Crippen LogP contribution in [-0.4, -0.2) is 15.1 Å². The van der Waals surface area contributed by atoms with Crippen molar-refractivity contribution in [3.63, 3.8) is 0 Å². The third-order valence-electron chi connectivity index (χ3n) is 4.05. The number of fused-ring (bicyclic) bond motifs is 1. The molecule has 0 radical (unpaired) electrons. The predicted octanol–water partition coefficient (Wildman–Crippen LogP) is 4.19. The first kappa shape index (κ1) is 16.8. The SMILES string of the molecule is O=C1C(=Cc2coc3ccccc3c2=O)SC(=S)N1Cc1ccccc1. The standard InChI is InChI=1S/C20H13NO3S2/c22-18-14(12-24-16-9-5-4-8-15(16)18)10-17-19(23)21(20(25)26-17)11-13-6-2-1-3-7-13/h1-10,12H,11H2. The monoisotopic (exact) mass is 379 g/mol. The van der Waals surface area contributed by atoms with Gasteiger partial charge in [0.05, 0.1) is 22.4 Å². The van der Waals surface area contributed by atoms with Gasteiger partial charge in [0.25, 0.3) is 5.91 Å². The van der Waals surface area contributed by atoms with E-state index >= 15 is 0 Å². The summed E-state index contributed by atoms with van der Waals surface area (Å²) in [7, 11) is 0. The largest absolute Gasteiger partial charge is 0.463 e. The molecule has 128 valence electrons. The lowest BCUT2D eigenvalue weighted by Crippen LogP contribution is -2.27. The molecule has 0 spiro atoms. The number of carbonyl (C=O) groups is 1. The molecule has 0 saturated carbocycles. The molecule has 0 bridgehead atoms.